The van der Waals surface area contributed by atoms with Crippen molar-refractivity contribution in [3.8, 4) is 0 Å². The van der Waals surface area contributed by atoms with Gasteiger partial charge >= 0.3 is 0 Å². The normalized spacial score (nSPS) is 20.9. The van der Waals surface area contributed by atoms with Crippen LogP contribution in [0.2, 0.25) is 0 Å². The molecule has 1 heterocycles. The van der Waals surface area contributed by atoms with E-state index in [0.717, 1.165) is 0 Å². The number of nitrogens with zero attached hydrogens (tertiary/aromatic N) is 2. The van der Waals surface area contributed by atoms with Crippen molar-refractivity contribution < 1.29 is 0 Å². The molecule has 1 aromatic carbocycles. The van der Waals surface area contributed by atoms with Crippen LogP contribution in [0.3, 0.4) is 0 Å². The van der Waals surface area contributed by atoms with Gasteiger partial charge in [-0.2, -0.15) is 0 Å². The monoisotopic (exact) mass is 289 g/mol. The summed E-state index contributed by atoms with van der Waals surface area (Å²) < 4.78 is 0. The van der Waals surface area contributed by atoms with E-state index in [1.165, 1.54) is 31.5 Å². The summed E-state index contributed by atoms with van der Waals surface area (Å²) >= 11 is 0. The Labute approximate surface area is 130 Å². The fraction of sp³-hybridized carbons (Fsp3) is 0.667. The fourth-order valence-corrected chi connectivity index (χ4v) is 3.66. The second kappa shape index (κ2) is 7.39. The number of hydrogen-bond acceptors (Lipinski definition) is 3. The zero-order valence-corrected chi connectivity index (χ0v) is 14.0. The highest BCUT2D eigenvalue weighted by molar-refractivity contribution is 5.20. The molecule has 2 rings (SSSR count). The smallest absolute Gasteiger partial charge is 0.0455 e. The highest BCUT2D eigenvalue weighted by Gasteiger charge is 2.32. The molecule has 1 aliphatic heterocycles. The van der Waals surface area contributed by atoms with Gasteiger partial charge in [0.1, 0.15) is 0 Å². The first-order valence-electron chi connectivity index (χ1n) is 8.21. The number of rotatable bonds is 5. The van der Waals surface area contributed by atoms with Crippen LogP contribution in [0, 0.1) is 5.92 Å². The van der Waals surface area contributed by atoms with Crippen molar-refractivity contribution in [1.29, 1.82) is 0 Å². The lowest BCUT2D eigenvalue weighted by Crippen LogP contribution is -2.51. The van der Waals surface area contributed by atoms with Gasteiger partial charge in [0.15, 0.2) is 0 Å². The maximum Gasteiger partial charge on any atom is 0.0455 e. The van der Waals surface area contributed by atoms with Crippen LogP contribution in [0.5, 0.6) is 0 Å². The van der Waals surface area contributed by atoms with Gasteiger partial charge in [0.25, 0.3) is 0 Å². The molecule has 0 bridgehead atoms. The highest BCUT2D eigenvalue weighted by atomic mass is 15.2. The van der Waals surface area contributed by atoms with Crippen molar-refractivity contribution in [2.45, 2.75) is 44.8 Å². The maximum atomic E-state index is 6.62. The Morgan fingerprint density at radius 3 is 2.24 bits per heavy atom. The van der Waals surface area contributed by atoms with Gasteiger partial charge in [0, 0.05) is 18.1 Å². The molecule has 1 saturated heterocycles. The van der Waals surface area contributed by atoms with E-state index in [2.05, 4.69) is 68.1 Å². The van der Waals surface area contributed by atoms with E-state index in [-0.39, 0.29) is 6.04 Å². The Kier molecular flexibility index (Phi) is 5.80. The summed E-state index contributed by atoms with van der Waals surface area (Å²) in [5.74, 6) is 0.546. The average Bonchev–Trinajstić information content (AvgIpc) is 2.48. The minimum absolute atomic E-state index is 0.0795. The fourth-order valence-electron chi connectivity index (χ4n) is 3.66. The van der Waals surface area contributed by atoms with Gasteiger partial charge in [-0.05, 0) is 51.5 Å². The van der Waals surface area contributed by atoms with Crippen LogP contribution in [0.4, 0.5) is 0 Å². The topological polar surface area (TPSA) is 32.5 Å². The van der Waals surface area contributed by atoms with Crippen LogP contribution >= 0.6 is 0 Å². The van der Waals surface area contributed by atoms with Gasteiger partial charge in [0.2, 0.25) is 0 Å². The third-order valence-corrected chi connectivity index (χ3v) is 4.97. The van der Waals surface area contributed by atoms with Crippen LogP contribution in [0.15, 0.2) is 30.3 Å². The predicted molar refractivity (Wildman–Crippen MR) is 90.3 cm³/mol. The first-order chi connectivity index (χ1) is 10.0. The molecule has 0 amide bonds. The zero-order chi connectivity index (χ0) is 15.4. The number of piperidine rings is 1. The largest absolute Gasteiger partial charge is 0.323 e. The van der Waals surface area contributed by atoms with Crippen LogP contribution in [0.25, 0.3) is 0 Å². The first kappa shape index (κ1) is 16.5. The van der Waals surface area contributed by atoms with E-state index >= 15 is 0 Å². The predicted octanol–water partition coefficient (Wildman–Crippen LogP) is 2.74. The van der Waals surface area contributed by atoms with E-state index in [1.54, 1.807) is 0 Å². The molecular weight excluding hydrogens is 258 g/mol. The summed E-state index contributed by atoms with van der Waals surface area (Å²) in [4.78, 5) is 4.97. The van der Waals surface area contributed by atoms with Crippen LogP contribution < -0.4 is 5.73 Å². The third kappa shape index (κ3) is 4.06. The molecule has 2 unspecified atom stereocenters. The van der Waals surface area contributed by atoms with Crippen molar-refractivity contribution in [2.75, 3.05) is 27.2 Å². The molecule has 0 radical (unpaired) electrons. The second-order valence-electron chi connectivity index (χ2n) is 6.87. The molecule has 21 heavy (non-hydrogen) atoms. The number of benzene rings is 1. The van der Waals surface area contributed by atoms with Gasteiger partial charge in [0.05, 0.1) is 0 Å². The molecule has 2 atom stereocenters. The molecule has 2 N–H and O–H groups in total. The molecule has 0 saturated carbocycles. The zero-order valence-electron chi connectivity index (χ0n) is 14.0. The molecule has 3 nitrogen and oxygen atoms in total. The Hall–Kier alpha value is -0.900. The molecule has 3 heteroatoms. The first-order valence-corrected chi connectivity index (χ1v) is 8.21. The number of hydrogen-bond donors (Lipinski definition) is 1. The van der Waals surface area contributed by atoms with E-state index in [1.807, 2.05) is 0 Å². The standard InChI is InChI=1S/C18H31N3/c1-14(2)18(17(19)15-8-6-5-7-9-15)21(4)16-10-12-20(3)13-11-16/h5-9,14,16-18H,10-13,19H2,1-4H3. The number of nitrogens with two attached hydrogens (primary N) is 1. The molecule has 118 valence electrons. The summed E-state index contributed by atoms with van der Waals surface area (Å²) in [6.07, 6.45) is 2.50. The van der Waals surface area contributed by atoms with Crippen molar-refractivity contribution in [3.05, 3.63) is 35.9 Å². The molecular formula is C18H31N3. The van der Waals surface area contributed by atoms with Crippen LogP contribution in [0.1, 0.15) is 38.3 Å². The van der Waals surface area contributed by atoms with E-state index in [9.17, 15) is 0 Å². The summed E-state index contributed by atoms with van der Waals surface area (Å²) in [6.45, 7) is 6.97. The SMILES string of the molecule is CC(C)C(C(N)c1ccccc1)N(C)C1CCN(C)CC1. The quantitative estimate of drug-likeness (QED) is 0.904. The molecule has 0 spiro atoms. The summed E-state index contributed by atoms with van der Waals surface area (Å²) in [6, 6.07) is 11.7. The van der Waals surface area contributed by atoms with Crippen LogP contribution in [-0.4, -0.2) is 49.1 Å². The number of likely N-dealkylation sites (N-methyl/N-ethyl adjacent to an activating group) is 1. The van der Waals surface area contributed by atoms with E-state index in [4.69, 9.17) is 5.73 Å². The summed E-state index contributed by atoms with van der Waals surface area (Å²) in [5, 5.41) is 0. The summed E-state index contributed by atoms with van der Waals surface area (Å²) in [7, 11) is 4.48. The lowest BCUT2D eigenvalue weighted by Gasteiger charge is -2.43. The Morgan fingerprint density at radius 1 is 1.14 bits per heavy atom. The lowest BCUT2D eigenvalue weighted by molar-refractivity contribution is 0.0718. The van der Waals surface area contributed by atoms with Gasteiger partial charge in [-0.15, -0.1) is 0 Å². The van der Waals surface area contributed by atoms with Crippen molar-refractivity contribution in [2.24, 2.45) is 11.7 Å². The Bertz CT molecular complexity index is 410. The number of likely N-dealkylation sites (tertiary alicyclic amines) is 1. The third-order valence-electron chi connectivity index (χ3n) is 4.97. The van der Waals surface area contributed by atoms with E-state index in [0.29, 0.717) is 18.0 Å². The molecule has 0 aromatic heterocycles. The molecule has 1 aliphatic rings. The highest BCUT2D eigenvalue weighted by Crippen LogP contribution is 2.28. The van der Waals surface area contributed by atoms with Gasteiger partial charge in [-0.1, -0.05) is 44.2 Å². The van der Waals surface area contributed by atoms with Crippen molar-refractivity contribution in [1.82, 2.24) is 9.80 Å². The molecule has 1 aromatic rings. The minimum Gasteiger partial charge on any atom is -0.323 e. The van der Waals surface area contributed by atoms with Crippen molar-refractivity contribution in [3.63, 3.8) is 0 Å². The molecule has 1 fully saturated rings. The Balaban J connectivity index is 2.11. The average molecular weight is 289 g/mol. The van der Waals surface area contributed by atoms with Crippen molar-refractivity contribution >= 4 is 0 Å². The lowest BCUT2D eigenvalue weighted by atomic mass is 9.88. The molecule has 0 aliphatic carbocycles. The van der Waals surface area contributed by atoms with Gasteiger partial charge in [-0.25, -0.2) is 0 Å². The minimum atomic E-state index is 0.0795. The second-order valence-corrected chi connectivity index (χ2v) is 6.87. The van der Waals surface area contributed by atoms with Gasteiger partial charge < -0.3 is 10.6 Å². The van der Waals surface area contributed by atoms with E-state index < -0.39 is 0 Å². The maximum absolute atomic E-state index is 6.62. The summed E-state index contributed by atoms with van der Waals surface area (Å²) in [5.41, 5.74) is 7.87. The van der Waals surface area contributed by atoms with Crippen LogP contribution in [-0.2, 0) is 0 Å². The Morgan fingerprint density at radius 2 is 1.71 bits per heavy atom. The van der Waals surface area contributed by atoms with Gasteiger partial charge in [-0.3, -0.25) is 4.90 Å².